The quantitative estimate of drug-likeness (QED) is 0.860. The van der Waals surface area contributed by atoms with Crippen molar-refractivity contribution in [3.63, 3.8) is 0 Å². The first-order valence-corrected chi connectivity index (χ1v) is 8.99. The summed E-state index contributed by atoms with van der Waals surface area (Å²) in [7, 11) is 0. The Kier molecular flexibility index (Phi) is 4.81. The van der Waals surface area contributed by atoms with Crippen molar-refractivity contribution in [1.29, 1.82) is 0 Å². The minimum atomic E-state index is -2.01. The van der Waals surface area contributed by atoms with E-state index in [1.54, 1.807) is 41.3 Å². The van der Waals surface area contributed by atoms with Crippen LogP contribution in [0.2, 0.25) is 0 Å². The van der Waals surface area contributed by atoms with E-state index in [0.29, 0.717) is 37.2 Å². The molecule has 138 valence electrons. The van der Waals surface area contributed by atoms with Crippen LogP contribution in [0.25, 0.3) is 0 Å². The van der Waals surface area contributed by atoms with E-state index in [0.717, 1.165) is 0 Å². The van der Waals surface area contributed by atoms with Crippen LogP contribution in [0.4, 0.5) is 5.69 Å². The number of anilines is 1. The van der Waals surface area contributed by atoms with Crippen LogP contribution in [0.1, 0.15) is 43.3 Å². The fourth-order valence-corrected chi connectivity index (χ4v) is 3.34. The van der Waals surface area contributed by atoms with Gasteiger partial charge in [-0.25, -0.2) is 0 Å². The van der Waals surface area contributed by atoms with Crippen LogP contribution in [0.5, 0.6) is 0 Å². The molecule has 26 heavy (non-hydrogen) atoms. The summed E-state index contributed by atoms with van der Waals surface area (Å²) in [6, 6.07) is 17.6. The van der Waals surface area contributed by atoms with Gasteiger partial charge in [-0.1, -0.05) is 55.5 Å². The maximum Gasteiger partial charge on any atom is 0.226 e. The highest BCUT2D eigenvalue weighted by molar-refractivity contribution is 5.93. The second-order valence-corrected chi connectivity index (χ2v) is 6.42. The normalized spacial score (nSPS) is 20.4. The smallest absolute Gasteiger partial charge is 0.226 e. The molecule has 1 aliphatic rings. The molecule has 2 aromatic carbocycles. The average Bonchev–Trinajstić information content (AvgIpc) is 2.74. The molecule has 1 unspecified atom stereocenters. The van der Waals surface area contributed by atoms with Crippen molar-refractivity contribution in [2.45, 2.75) is 38.3 Å². The van der Waals surface area contributed by atoms with Crippen LogP contribution in [0.3, 0.4) is 0 Å². The number of nitrogens with zero attached hydrogens (tertiary/aromatic N) is 2. The minimum Gasteiger partial charge on any atom is -0.387 e. The van der Waals surface area contributed by atoms with Gasteiger partial charge >= 0.3 is 0 Å². The fourth-order valence-electron chi connectivity index (χ4n) is 3.34. The van der Waals surface area contributed by atoms with Crippen LogP contribution in [-0.4, -0.2) is 41.5 Å². The summed E-state index contributed by atoms with van der Waals surface area (Å²) in [5.74, 6) is -0.598. The van der Waals surface area contributed by atoms with Crippen molar-refractivity contribution in [3.05, 3.63) is 66.2 Å². The Morgan fingerprint density at radius 1 is 1.15 bits per heavy atom. The SMILES string of the molecule is [2H]C([2H])(C)C(=O)N(c1ccccc1)C1CCN(C([2H])([2H])C(O)c2ccccc2)CC1. The predicted octanol–water partition coefficient (Wildman–Crippen LogP) is 3.63. The first-order chi connectivity index (χ1) is 14.1. The highest BCUT2D eigenvalue weighted by Gasteiger charge is 2.29. The topological polar surface area (TPSA) is 43.8 Å². The number of β-amino-alcohol motifs (C(OH)–C–C–N with tert-alkyl or cyclic N) is 1. The second-order valence-electron chi connectivity index (χ2n) is 6.42. The van der Waals surface area contributed by atoms with E-state index in [9.17, 15) is 9.90 Å². The molecule has 4 nitrogen and oxygen atoms in total. The van der Waals surface area contributed by atoms with E-state index in [1.165, 1.54) is 11.8 Å². The summed E-state index contributed by atoms with van der Waals surface area (Å²) in [6.45, 7) is 0.0122. The van der Waals surface area contributed by atoms with Gasteiger partial charge in [0.25, 0.3) is 0 Å². The summed E-state index contributed by atoms with van der Waals surface area (Å²) in [5.41, 5.74) is 1.16. The molecule has 1 atom stereocenters. The predicted molar refractivity (Wildman–Crippen MR) is 105 cm³/mol. The number of benzene rings is 2. The number of piperidine rings is 1. The molecule has 1 fully saturated rings. The molecule has 0 radical (unpaired) electrons. The molecule has 1 aliphatic heterocycles. The molecule has 1 saturated heterocycles. The van der Waals surface area contributed by atoms with Crippen molar-refractivity contribution in [1.82, 2.24) is 4.90 Å². The van der Waals surface area contributed by atoms with Crippen LogP contribution >= 0.6 is 0 Å². The molecular weight excluding hydrogens is 324 g/mol. The van der Waals surface area contributed by atoms with Gasteiger partial charge in [-0.3, -0.25) is 4.79 Å². The van der Waals surface area contributed by atoms with Gasteiger partial charge in [-0.15, -0.1) is 0 Å². The first-order valence-electron chi connectivity index (χ1n) is 11.0. The maximum atomic E-state index is 12.9. The van der Waals surface area contributed by atoms with Crippen molar-refractivity contribution in [2.75, 3.05) is 24.5 Å². The van der Waals surface area contributed by atoms with E-state index in [2.05, 4.69) is 0 Å². The van der Waals surface area contributed by atoms with E-state index in [-0.39, 0.29) is 6.04 Å². The lowest BCUT2D eigenvalue weighted by Gasteiger charge is -2.39. The minimum absolute atomic E-state index is 0.240. The molecule has 2 aromatic rings. The first kappa shape index (κ1) is 14.0. The van der Waals surface area contributed by atoms with Gasteiger partial charge in [0, 0.05) is 43.2 Å². The largest absolute Gasteiger partial charge is 0.387 e. The lowest BCUT2D eigenvalue weighted by Crippen LogP contribution is -2.48. The molecule has 1 amide bonds. The summed E-state index contributed by atoms with van der Waals surface area (Å²) in [4.78, 5) is 16.0. The third-order valence-electron chi connectivity index (χ3n) is 4.72. The number of aliphatic hydroxyl groups is 1. The molecule has 0 aromatic heterocycles. The van der Waals surface area contributed by atoms with Gasteiger partial charge < -0.3 is 14.9 Å². The summed E-state index contributed by atoms with van der Waals surface area (Å²) in [5, 5.41) is 10.6. The van der Waals surface area contributed by atoms with Crippen LogP contribution in [0, 0.1) is 0 Å². The van der Waals surface area contributed by atoms with Crippen LogP contribution in [0.15, 0.2) is 60.7 Å². The monoisotopic (exact) mass is 356 g/mol. The molecule has 0 spiro atoms. The van der Waals surface area contributed by atoms with Crippen molar-refractivity contribution < 1.29 is 15.4 Å². The van der Waals surface area contributed by atoms with Gasteiger partial charge in [0.05, 0.1) is 6.10 Å². The van der Waals surface area contributed by atoms with Gasteiger partial charge in [-0.05, 0) is 30.5 Å². The van der Waals surface area contributed by atoms with Gasteiger partial charge in [0.15, 0.2) is 0 Å². The van der Waals surface area contributed by atoms with E-state index in [1.807, 2.05) is 24.3 Å². The lowest BCUT2D eigenvalue weighted by molar-refractivity contribution is -0.119. The number of hydrogen-bond acceptors (Lipinski definition) is 3. The van der Waals surface area contributed by atoms with Gasteiger partial charge in [-0.2, -0.15) is 0 Å². The molecule has 3 rings (SSSR count). The Morgan fingerprint density at radius 2 is 1.73 bits per heavy atom. The Morgan fingerprint density at radius 3 is 2.31 bits per heavy atom. The molecule has 0 bridgehead atoms. The number of amides is 1. The summed E-state index contributed by atoms with van der Waals surface area (Å²) in [6.07, 6.45) is -2.33. The second kappa shape index (κ2) is 8.97. The van der Waals surface area contributed by atoms with Crippen molar-refractivity contribution in [2.24, 2.45) is 0 Å². The molecular formula is C22H28N2O2. The highest BCUT2D eigenvalue weighted by atomic mass is 16.3. The summed E-state index contributed by atoms with van der Waals surface area (Å²) < 4.78 is 32.8. The molecule has 1 heterocycles. The Labute approximate surface area is 161 Å². The van der Waals surface area contributed by atoms with E-state index >= 15 is 0 Å². The molecule has 4 heteroatoms. The number of carbonyl (C=O) groups excluding carboxylic acids is 1. The average molecular weight is 357 g/mol. The third-order valence-corrected chi connectivity index (χ3v) is 4.72. The number of rotatable bonds is 6. The number of para-hydroxylation sites is 1. The van der Waals surface area contributed by atoms with Gasteiger partial charge in [0.1, 0.15) is 0 Å². The summed E-state index contributed by atoms with van der Waals surface area (Å²) >= 11 is 0. The van der Waals surface area contributed by atoms with Crippen LogP contribution in [-0.2, 0) is 4.79 Å². The fraction of sp³-hybridized carbons (Fsp3) is 0.409. The zero-order valence-corrected chi connectivity index (χ0v) is 15.0. The molecule has 1 N–H and O–H groups in total. The zero-order chi connectivity index (χ0) is 21.9. The standard InChI is InChI=1S/C22H28N2O2/c1-2-22(26)24(19-11-7-4-8-12-19)20-13-15-23(16-14-20)17-21(25)18-9-5-3-6-10-18/h3-12,20-21,25H,2,13-17H2,1H3/i2D2,17D2. The number of aliphatic hydroxyl groups excluding tert-OH is 1. The Balaban J connectivity index is 1.76. The lowest BCUT2D eigenvalue weighted by atomic mass is 10.0. The maximum absolute atomic E-state index is 12.9. The van der Waals surface area contributed by atoms with Crippen molar-refractivity contribution >= 4 is 11.6 Å². The van der Waals surface area contributed by atoms with Crippen molar-refractivity contribution in [3.8, 4) is 0 Å². The zero-order valence-electron chi connectivity index (χ0n) is 19.0. The van der Waals surface area contributed by atoms with Crippen LogP contribution < -0.4 is 4.90 Å². The molecule has 0 aliphatic carbocycles. The number of hydrogen-bond donors (Lipinski definition) is 1. The highest BCUT2D eigenvalue weighted by Crippen LogP contribution is 2.25. The van der Waals surface area contributed by atoms with Gasteiger partial charge in [0.2, 0.25) is 5.91 Å². The Hall–Kier alpha value is -2.17. The van der Waals surface area contributed by atoms with E-state index in [4.69, 9.17) is 5.48 Å². The van der Waals surface area contributed by atoms with E-state index < -0.39 is 24.9 Å². The number of likely N-dealkylation sites (tertiary alicyclic amines) is 1. The number of carbonyl (C=O) groups is 1. The molecule has 0 saturated carbocycles. The Bertz CT molecular complexity index is 835. The third kappa shape index (κ3) is 4.51.